The highest BCUT2D eigenvalue weighted by Gasteiger charge is 2.33. The first-order chi connectivity index (χ1) is 15.2. The zero-order valence-electron chi connectivity index (χ0n) is 16.8. The standard InChI is InChI=1S/C20H18F3N5O3S/c1-13(29)24-11-5-8-18-25-26-19(27(18)15-6-3-2-4-7-15)32-17-10-9-14(20(21,22)23)12-16(17)28(30)31/h2-4,6-7,9-10,12H,5,8,11H2,1H3,(H,24,29). The fourth-order valence-corrected chi connectivity index (χ4v) is 3.85. The second-order valence-corrected chi connectivity index (χ2v) is 7.70. The first kappa shape index (κ1) is 23.3. The van der Waals surface area contributed by atoms with Gasteiger partial charge in [0.2, 0.25) is 11.1 Å². The fourth-order valence-electron chi connectivity index (χ4n) is 2.90. The van der Waals surface area contributed by atoms with Crippen LogP contribution in [0.15, 0.2) is 58.6 Å². The van der Waals surface area contributed by atoms with Crippen molar-refractivity contribution in [3.8, 4) is 5.69 Å². The SMILES string of the molecule is CC(=O)NCCCc1nnc(Sc2ccc(C(F)(F)F)cc2[N+](=O)[O-])n1-c1ccccc1. The molecule has 0 fully saturated rings. The van der Waals surface area contributed by atoms with E-state index in [1.54, 1.807) is 28.8 Å². The molecular formula is C20H18F3N5O3S. The van der Waals surface area contributed by atoms with Crippen LogP contribution in [0.5, 0.6) is 0 Å². The van der Waals surface area contributed by atoms with E-state index in [1.807, 2.05) is 6.07 Å². The number of aryl methyl sites for hydroxylation is 1. The number of nitrogens with one attached hydrogen (secondary N) is 1. The van der Waals surface area contributed by atoms with Gasteiger partial charge in [-0.05, 0) is 42.4 Å². The molecule has 0 aliphatic carbocycles. The molecular weight excluding hydrogens is 447 g/mol. The van der Waals surface area contributed by atoms with Gasteiger partial charge in [0.05, 0.1) is 15.4 Å². The van der Waals surface area contributed by atoms with Crippen LogP contribution in [0, 0.1) is 10.1 Å². The molecule has 3 rings (SSSR count). The maximum absolute atomic E-state index is 13.0. The van der Waals surface area contributed by atoms with Gasteiger partial charge in [0.25, 0.3) is 5.69 Å². The van der Waals surface area contributed by atoms with Crippen molar-refractivity contribution in [3.05, 3.63) is 70.0 Å². The lowest BCUT2D eigenvalue weighted by Crippen LogP contribution is -2.21. The smallest absolute Gasteiger partial charge is 0.356 e. The zero-order valence-corrected chi connectivity index (χ0v) is 17.6. The number of nitro benzene ring substituents is 1. The van der Waals surface area contributed by atoms with Gasteiger partial charge in [-0.15, -0.1) is 10.2 Å². The molecule has 0 saturated carbocycles. The predicted molar refractivity (Wildman–Crippen MR) is 111 cm³/mol. The number of carbonyl (C=O) groups is 1. The van der Waals surface area contributed by atoms with Gasteiger partial charge in [-0.25, -0.2) is 0 Å². The van der Waals surface area contributed by atoms with Crippen LogP contribution in [0.2, 0.25) is 0 Å². The summed E-state index contributed by atoms with van der Waals surface area (Å²) in [6.45, 7) is 1.85. The van der Waals surface area contributed by atoms with Gasteiger partial charge in [0.15, 0.2) is 0 Å². The molecule has 12 heteroatoms. The average Bonchev–Trinajstić information content (AvgIpc) is 3.13. The highest BCUT2D eigenvalue weighted by molar-refractivity contribution is 7.99. The Bertz CT molecular complexity index is 1120. The number of hydrogen-bond acceptors (Lipinski definition) is 6. The molecule has 2 aromatic carbocycles. The third-order valence-corrected chi connectivity index (χ3v) is 5.36. The van der Waals surface area contributed by atoms with Gasteiger partial charge in [-0.2, -0.15) is 13.2 Å². The largest absolute Gasteiger partial charge is 0.416 e. The molecule has 0 spiro atoms. The van der Waals surface area contributed by atoms with Gasteiger partial charge in [0.1, 0.15) is 5.82 Å². The van der Waals surface area contributed by atoms with Crippen LogP contribution >= 0.6 is 11.8 Å². The fraction of sp³-hybridized carbons (Fsp3) is 0.250. The molecule has 1 N–H and O–H groups in total. The number of rotatable bonds is 8. The number of aromatic nitrogens is 3. The molecule has 8 nitrogen and oxygen atoms in total. The van der Waals surface area contributed by atoms with Crippen molar-refractivity contribution in [3.63, 3.8) is 0 Å². The van der Waals surface area contributed by atoms with Crippen molar-refractivity contribution in [2.75, 3.05) is 6.54 Å². The van der Waals surface area contributed by atoms with E-state index in [-0.39, 0.29) is 16.0 Å². The number of para-hydroxylation sites is 1. The molecule has 1 aromatic heterocycles. The molecule has 168 valence electrons. The first-order valence-corrected chi connectivity index (χ1v) is 10.3. The van der Waals surface area contributed by atoms with Crippen molar-refractivity contribution < 1.29 is 22.9 Å². The highest BCUT2D eigenvalue weighted by atomic mass is 32.2. The Morgan fingerprint density at radius 3 is 2.53 bits per heavy atom. The summed E-state index contributed by atoms with van der Waals surface area (Å²) in [6, 6.07) is 11.4. The van der Waals surface area contributed by atoms with Gasteiger partial charge in [-0.1, -0.05) is 18.2 Å². The third-order valence-electron chi connectivity index (χ3n) is 4.35. The van der Waals surface area contributed by atoms with Crippen LogP contribution in [-0.4, -0.2) is 32.1 Å². The number of carbonyl (C=O) groups excluding carboxylic acids is 1. The summed E-state index contributed by atoms with van der Waals surface area (Å²) in [5, 5.41) is 22.7. The van der Waals surface area contributed by atoms with Crippen molar-refractivity contribution in [2.24, 2.45) is 0 Å². The van der Waals surface area contributed by atoms with E-state index in [9.17, 15) is 28.1 Å². The number of halogens is 3. The van der Waals surface area contributed by atoms with Gasteiger partial charge < -0.3 is 5.32 Å². The van der Waals surface area contributed by atoms with Crippen molar-refractivity contribution >= 4 is 23.4 Å². The van der Waals surface area contributed by atoms with E-state index >= 15 is 0 Å². The molecule has 0 atom stereocenters. The molecule has 32 heavy (non-hydrogen) atoms. The summed E-state index contributed by atoms with van der Waals surface area (Å²) in [6.07, 6.45) is -3.66. The molecule has 0 aliphatic rings. The Labute approximate surface area is 185 Å². The van der Waals surface area contributed by atoms with Gasteiger partial charge in [-0.3, -0.25) is 19.5 Å². The molecule has 0 unspecified atom stereocenters. The molecule has 0 saturated heterocycles. The van der Waals surface area contributed by atoms with E-state index in [4.69, 9.17) is 0 Å². The van der Waals surface area contributed by atoms with E-state index < -0.39 is 22.4 Å². The maximum Gasteiger partial charge on any atom is 0.416 e. The van der Waals surface area contributed by atoms with Crippen LogP contribution < -0.4 is 5.32 Å². The van der Waals surface area contributed by atoms with E-state index in [2.05, 4.69) is 15.5 Å². The second-order valence-electron chi connectivity index (χ2n) is 6.70. The second kappa shape index (κ2) is 9.81. The lowest BCUT2D eigenvalue weighted by Gasteiger charge is -2.11. The first-order valence-electron chi connectivity index (χ1n) is 9.44. The Hall–Kier alpha value is -3.41. The number of nitro groups is 1. The molecule has 1 amide bonds. The van der Waals surface area contributed by atoms with Crippen LogP contribution in [0.4, 0.5) is 18.9 Å². The van der Waals surface area contributed by atoms with Crippen LogP contribution in [0.3, 0.4) is 0 Å². The molecule has 0 bridgehead atoms. The Morgan fingerprint density at radius 1 is 1.19 bits per heavy atom. The van der Waals surface area contributed by atoms with Crippen LogP contribution in [0.1, 0.15) is 24.7 Å². The summed E-state index contributed by atoms with van der Waals surface area (Å²) < 4.78 is 40.7. The van der Waals surface area contributed by atoms with E-state index in [1.165, 1.54) is 6.92 Å². The lowest BCUT2D eigenvalue weighted by molar-refractivity contribution is -0.388. The van der Waals surface area contributed by atoms with Crippen LogP contribution in [-0.2, 0) is 17.4 Å². The quantitative estimate of drug-likeness (QED) is 0.300. The van der Waals surface area contributed by atoms with Gasteiger partial charge in [0, 0.05) is 31.6 Å². The normalized spacial score (nSPS) is 11.4. The average molecular weight is 465 g/mol. The monoisotopic (exact) mass is 465 g/mol. The number of amides is 1. The zero-order chi connectivity index (χ0) is 23.3. The summed E-state index contributed by atoms with van der Waals surface area (Å²) in [7, 11) is 0. The number of alkyl halides is 3. The Balaban J connectivity index is 1.96. The minimum Gasteiger partial charge on any atom is -0.356 e. The lowest BCUT2D eigenvalue weighted by atomic mass is 10.2. The molecule has 3 aromatic rings. The summed E-state index contributed by atoms with van der Waals surface area (Å²) in [5.41, 5.74) is -1.07. The van der Waals surface area contributed by atoms with Crippen molar-refractivity contribution in [2.45, 2.75) is 36.0 Å². The van der Waals surface area contributed by atoms with Crippen LogP contribution in [0.25, 0.3) is 5.69 Å². The van der Waals surface area contributed by atoms with Gasteiger partial charge >= 0.3 is 6.18 Å². The number of hydrogen-bond donors (Lipinski definition) is 1. The highest BCUT2D eigenvalue weighted by Crippen LogP contribution is 2.39. The summed E-state index contributed by atoms with van der Waals surface area (Å²) in [5.74, 6) is 0.402. The number of benzene rings is 2. The Kier molecular flexibility index (Phi) is 7.13. The Morgan fingerprint density at radius 2 is 1.91 bits per heavy atom. The molecule has 0 aliphatic heterocycles. The van der Waals surface area contributed by atoms with E-state index in [0.717, 1.165) is 23.9 Å². The predicted octanol–water partition coefficient (Wildman–Crippen LogP) is 4.41. The van der Waals surface area contributed by atoms with Crippen molar-refractivity contribution in [1.82, 2.24) is 20.1 Å². The minimum atomic E-state index is -4.70. The van der Waals surface area contributed by atoms with Crippen molar-refractivity contribution in [1.29, 1.82) is 0 Å². The number of nitrogens with zero attached hydrogens (tertiary/aromatic N) is 4. The summed E-state index contributed by atoms with van der Waals surface area (Å²) in [4.78, 5) is 21.6. The molecule has 1 heterocycles. The summed E-state index contributed by atoms with van der Waals surface area (Å²) >= 11 is 0.859. The third kappa shape index (κ3) is 5.63. The van der Waals surface area contributed by atoms with E-state index in [0.29, 0.717) is 37.0 Å². The molecule has 0 radical (unpaired) electrons. The maximum atomic E-state index is 13.0. The minimum absolute atomic E-state index is 0.0115. The topological polar surface area (TPSA) is 103 Å².